The van der Waals surface area contributed by atoms with E-state index in [0.29, 0.717) is 0 Å². The second kappa shape index (κ2) is 9.73. The Morgan fingerprint density at radius 2 is 1.61 bits per heavy atom. The van der Waals surface area contributed by atoms with Crippen molar-refractivity contribution < 1.29 is 27.6 Å². The average Bonchev–Trinajstić information content (AvgIpc) is 2.52. The third-order valence-electron chi connectivity index (χ3n) is 2.95. The molecule has 23 heavy (non-hydrogen) atoms. The molecule has 0 fully saturated rings. The molecule has 6 nitrogen and oxygen atoms in total. The highest BCUT2D eigenvalue weighted by molar-refractivity contribution is 7.48. The summed E-state index contributed by atoms with van der Waals surface area (Å²) in [7, 11) is -0.268. The van der Waals surface area contributed by atoms with E-state index < -0.39 is 7.82 Å². The van der Waals surface area contributed by atoms with Crippen LogP contribution in [0.5, 0.6) is 11.5 Å². The number of methoxy groups -OCH3 is 2. The zero-order valence-corrected chi connectivity index (χ0v) is 15.2. The molecule has 0 aliphatic heterocycles. The van der Waals surface area contributed by atoms with Gasteiger partial charge >= 0.3 is 7.82 Å². The zero-order valence-electron chi connectivity index (χ0n) is 14.3. The monoisotopic (exact) mass is 344 g/mol. The lowest BCUT2D eigenvalue weighted by molar-refractivity contribution is 0.131. The van der Waals surface area contributed by atoms with Crippen molar-refractivity contribution in [1.82, 2.24) is 0 Å². The van der Waals surface area contributed by atoms with E-state index in [2.05, 4.69) is 0 Å². The molecular formula is C16H25O6P. The topological polar surface area (TPSA) is 63.2 Å². The molecule has 0 saturated carbocycles. The maximum atomic E-state index is 12.1. The number of rotatable bonds is 10. The first-order chi connectivity index (χ1) is 11.0. The van der Waals surface area contributed by atoms with Crippen molar-refractivity contribution >= 4 is 13.9 Å². The largest absolute Gasteiger partial charge is 0.496 e. The lowest BCUT2D eigenvalue weighted by Gasteiger charge is -2.15. The number of hydrogen-bond donors (Lipinski definition) is 0. The van der Waals surface area contributed by atoms with Gasteiger partial charge in [-0.2, -0.15) is 0 Å². The highest BCUT2D eigenvalue weighted by atomic mass is 31.2. The second-order valence-electron chi connectivity index (χ2n) is 4.54. The number of phosphoric acid groups is 1. The van der Waals surface area contributed by atoms with Crippen LogP contribution in [0.4, 0.5) is 0 Å². The summed E-state index contributed by atoms with van der Waals surface area (Å²) in [5.74, 6) is 1.48. The van der Waals surface area contributed by atoms with E-state index in [4.69, 9.17) is 23.0 Å². The minimum Gasteiger partial charge on any atom is -0.496 e. The number of hydrogen-bond acceptors (Lipinski definition) is 6. The molecule has 0 amide bonds. The Balaban J connectivity index is 2.79. The van der Waals surface area contributed by atoms with Gasteiger partial charge in [0, 0.05) is 5.56 Å². The van der Waals surface area contributed by atoms with Crippen LogP contribution in [0.1, 0.15) is 25.0 Å². The summed E-state index contributed by atoms with van der Waals surface area (Å²) in [6, 6.07) is 3.76. The average molecular weight is 344 g/mol. The molecule has 0 saturated heterocycles. The standard InChI is InChI=1S/C16H25O6P/c1-6-20-23(17,21-7-2)22-10-8-9-14-12-15(18-4)13(3)11-16(14)19-5/h8-9,11-12H,6-7,10H2,1-5H3/b9-8+. The molecule has 0 aliphatic rings. The van der Waals surface area contributed by atoms with Gasteiger partial charge in [0.1, 0.15) is 11.5 Å². The molecule has 0 unspecified atom stereocenters. The summed E-state index contributed by atoms with van der Waals surface area (Å²) >= 11 is 0. The number of benzene rings is 1. The van der Waals surface area contributed by atoms with Crippen molar-refractivity contribution in [2.45, 2.75) is 20.8 Å². The Morgan fingerprint density at radius 1 is 1.00 bits per heavy atom. The van der Waals surface area contributed by atoms with Gasteiger partial charge in [-0.3, -0.25) is 13.6 Å². The molecule has 1 rings (SSSR count). The highest BCUT2D eigenvalue weighted by Crippen LogP contribution is 2.49. The fraction of sp³-hybridized carbons (Fsp3) is 0.500. The Bertz CT molecular complexity index is 560. The molecular weight excluding hydrogens is 319 g/mol. The lowest BCUT2D eigenvalue weighted by Crippen LogP contribution is -2.00. The quantitative estimate of drug-likeness (QED) is 0.592. The summed E-state index contributed by atoms with van der Waals surface area (Å²) in [5, 5.41) is 0. The van der Waals surface area contributed by atoms with Crippen LogP contribution in [0.15, 0.2) is 18.2 Å². The zero-order chi connectivity index (χ0) is 17.3. The van der Waals surface area contributed by atoms with Gasteiger partial charge in [-0.1, -0.05) is 12.2 Å². The van der Waals surface area contributed by atoms with Crippen molar-refractivity contribution in [3.05, 3.63) is 29.3 Å². The highest BCUT2D eigenvalue weighted by Gasteiger charge is 2.24. The van der Waals surface area contributed by atoms with Crippen molar-refractivity contribution in [2.24, 2.45) is 0 Å². The summed E-state index contributed by atoms with van der Waals surface area (Å²) in [5.41, 5.74) is 1.82. The van der Waals surface area contributed by atoms with Crippen molar-refractivity contribution in [1.29, 1.82) is 0 Å². The fourth-order valence-corrected chi connectivity index (χ4v) is 3.07. The number of aryl methyl sites for hydroxylation is 1. The molecule has 0 aromatic heterocycles. The minimum atomic E-state index is -3.49. The molecule has 0 heterocycles. The molecule has 1 aromatic carbocycles. The van der Waals surface area contributed by atoms with E-state index in [1.807, 2.05) is 25.1 Å². The van der Waals surface area contributed by atoms with Gasteiger partial charge in [-0.15, -0.1) is 0 Å². The Morgan fingerprint density at radius 3 is 2.13 bits per heavy atom. The van der Waals surface area contributed by atoms with Crippen LogP contribution >= 0.6 is 7.82 Å². The van der Waals surface area contributed by atoms with Crippen molar-refractivity contribution in [3.8, 4) is 11.5 Å². The molecule has 0 N–H and O–H groups in total. The first-order valence-electron chi connectivity index (χ1n) is 7.42. The van der Waals surface area contributed by atoms with Crippen LogP contribution in [-0.2, 0) is 18.1 Å². The molecule has 0 spiro atoms. The smallest absolute Gasteiger partial charge is 0.475 e. The first kappa shape index (κ1) is 19.7. The maximum absolute atomic E-state index is 12.1. The van der Waals surface area contributed by atoms with Crippen LogP contribution in [-0.4, -0.2) is 34.0 Å². The molecule has 7 heteroatoms. The summed E-state index contributed by atoms with van der Waals surface area (Å²) in [6.45, 7) is 6.01. The third-order valence-corrected chi connectivity index (χ3v) is 4.56. The molecule has 0 atom stereocenters. The van der Waals surface area contributed by atoms with Crippen molar-refractivity contribution in [3.63, 3.8) is 0 Å². The van der Waals surface area contributed by atoms with Gasteiger partial charge in [-0.05, 0) is 38.5 Å². The Kier molecular flexibility index (Phi) is 8.34. The SMILES string of the molecule is CCOP(=O)(OCC)OC/C=C/c1cc(OC)c(C)cc1OC. The summed E-state index contributed by atoms with van der Waals surface area (Å²) in [4.78, 5) is 0. The predicted molar refractivity (Wildman–Crippen MR) is 90.1 cm³/mol. The molecule has 130 valence electrons. The van der Waals surface area contributed by atoms with E-state index in [9.17, 15) is 4.57 Å². The molecule has 0 radical (unpaired) electrons. The van der Waals surface area contributed by atoms with Gasteiger partial charge in [0.2, 0.25) is 0 Å². The second-order valence-corrected chi connectivity index (χ2v) is 6.21. The van der Waals surface area contributed by atoms with E-state index in [1.165, 1.54) is 0 Å². The van der Waals surface area contributed by atoms with Crippen LogP contribution in [0, 0.1) is 6.92 Å². The van der Waals surface area contributed by atoms with Gasteiger partial charge in [-0.25, -0.2) is 4.57 Å². The number of ether oxygens (including phenoxy) is 2. The summed E-state index contributed by atoms with van der Waals surface area (Å²) in [6.07, 6.45) is 3.53. The summed E-state index contributed by atoms with van der Waals surface area (Å²) < 4.78 is 38.1. The maximum Gasteiger partial charge on any atom is 0.475 e. The van der Waals surface area contributed by atoms with E-state index in [-0.39, 0.29) is 19.8 Å². The molecule has 0 bridgehead atoms. The van der Waals surface area contributed by atoms with E-state index in [0.717, 1.165) is 22.6 Å². The van der Waals surface area contributed by atoms with Crippen molar-refractivity contribution in [2.75, 3.05) is 34.0 Å². The number of phosphoric ester groups is 1. The van der Waals surface area contributed by atoms with Gasteiger partial charge in [0.05, 0.1) is 34.0 Å². The third kappa shape index (κ3) is 5.99. The molecule has 1 aromatic rings. The van der Waals surface area contributed by atoms with Gasteiger partial charge in [0.25, 0.3) is 0 Å². The lowest BCUT2D eigenvalue weighted by atomic mass is 10.1. The Hall–Kier alpha value is -1.33. The Labute approximate surface area is 138 Å². The normalized spacial score (nSPS) is 11.9. The minimum absolute atomic E-state index is 0.0939. The van der Waals surface area contributed by atoms with Gasteiger partial charge < -0.3 is 9.47 Å². The van der Waals surface area contributed by atoms with Gasteiger partial charge in [0.15, 0.2) is 0 Å². The van der Waals surface area contributed by atoms with E-state index in [1.54, 1.807) is 34.1 Å². The van der Waals surface area contributed by atoms with Crippen LogP contribution in [0.3, 0.4) is 0 Å². The van der Waals surface area contributed by atoms with Crippen LogP contribution in [0.2, 0.25) is 0 Å². The van der Waals surface area contributed by atoms with Crippen LogP contribution < -0.4 is 9.47 Å². The predicted octanol–water partition coefficient (Wildman–Crippen LogP) is 4.22. The molecule has 0 aliphatic carbocycles. The fourth-order valence-electron chi connectivity index (χ4n) is 1.94. The first-order valence-corrected chi connectivity index (χ1v) is 8.88. The van der Waals surface area contributed by atoms with Crippen LogP contribution in [0.25, 0.3) is 6.08 Å². The van der Waals surface area contributed by atoms with E-state index >= 15 is 0 Å².